The minimum absolute atomic E-state index is 0.00372. The highest BCUT2D eigenvalue weighted by molar-refractivity contribution is 7.98. The van der Waals surface area contributed by atoms with E-state index in [9.17, 15) is 134 Å². The second-order valence-corrected chi connectivity index (χ2v) is 40.2. The van der Waals surface area contributed by atoms with Crippen molar-refractivity contribution in [2.75, 3.05) is 69.1 Å². The van der Waals surface area contributed by atoms with Crippen LogP contribution in [0.5, 0.6) is 0 Å². The summed E-state index contributed by atoms with van der Waals surface area (Å²) < 4.78 is 48.6. The van der Waals surface area contributed by atoms with Gasteiger partial charge >= 0.3 is 29.8 Å². The number of carboxylic acids is 5. The van der Waals surface area contributed by atoms with Gasteiger partial charge in [-0.3, -0.25) is 100 Å². The van der Waals surface area contributed by atoms with Crippen LogP contribution in [0.15, 0.2) is 77.4 Å². The number of benzene rings is 2. The van der Waals surface area contributed by atoms with Crippen LogP contribution >= 0.6 is 24.3 Å². The number of thiol groups is 1. The molecule has 1 saturated heterocycles. The van der Waals surface area contributed by atoms with Crippen molar-refractivity contribution in [2.45, 2.75) is 307 Å². The van der Waals surface area contributed by atoms with Crippen molar-refractivity contribution in [1.29, 1.82) is 1.12 Å². The van der Waals surface area contributed by atoms with Gasteiger partial charge in [-0.25, -0.2) is 0 Å². The first-order chi connectivity index (χ1) is 68.3. The van der Waals surface area contributed by atoms with Crippen molar-refractivity contribution in [1.82, 2.24) is 42.1 Å². The predicted molar refractivity (Wildman–Crippen MR) is 539 cm³/mol. The highest BCUT2D eigenvalue weighted by atomic mass is 32.2. The Bertz CT molecular complexity index is 5170. The van der Waals surface area contributed by atoms with Crippen molar-refractivity contribution >= 4 is 169 Å². The van der Waals surface area contributed by atoms with Crippen molar-refractivity contribution in [2.24, 2.45) is 35.3 Å². The molecular formula is C101H148N11O29S3+. The zero-order valence-electron chi connectivity index (χ0n) is 85.6. The number of allylic oxidation sites excluding steroid dienone is 6. The summed E-state index contributed by atoms with van der Waals surface area (Å²) in [7, 11) is -4.53. The summed E-state index contributed by atoms with van der Waals surface area (Å²) in [6, 6.07) is 3.26. The number of anilines is 1. The number of Topliss-reactive ketones (excluding diaryl/α,β-unsaturated/α-hetero) is 6. The fourth-order valence-corrected chi connectivity index (χ4v) is 18.6. The average molecular weight is 2080 g/mol. The smallest absolute Gasteiger partial charge is 0.303 e. The molecule has 3 aliphatic heterocycles. The number of carboxylic acid groups (broad SMARTS) is 5. The van der Waals surface area contributed by atoms with E-state index in [4.69, 9.17) is 11.6 Å². The lowest BCUT2D eigenvalue weighted by Gasteiger charge is -2.27. The van der Waals surface area contributed by atoms with Crippen molar-refractivity contribution in [3.63, 3.8) is 0 Å². The molecule has 3 aliphatic rings. The van der Waals surface area contributed by atoms with Gasteiger partial charge in [-0.1, -0.05) is 77.8 Å². The van der Waals surface area contributed by atoms with Crippen LogP contribution in [0.2, 0.25) is 0 Å². The predicted octanol–water partition coefficient (Wildman–Crippen LogP) is 8.02. The van der Waals surface area contributed by atoms with E-state index in [2.05, 4.69) is 98.7 Å². The van der Waals surface area contributed by atoms with Crippen molar-refractivity contribution in [3.8, 4) is 0 Å². The molecule has 2 aromatic rings. The number of carbonyl (C=O) groups excluding carboxylic acids is 15. The number of thioether (sulfide) groups is 1. The fourth-order valence-electron chi connectivity index (χ4n) is 17.5. The number of primary amides is 1. The molecule has 10 atom stereocenters. The quantitative estimate of drug-likeness (QED) is 0.00979. The largest absolute Gasteiger partial charge is 0.481 e. The van der Waals surface area contributed by atoms with E-state index < -0.39 is 278 Å². The molecule has 0 bridgehead atoms. The van der Waals surface area contributed by atoms with Gasteiger partial charge in [0.05, 0.1) is 41.0 Å². The lowest BCUT2D eigenvalue weighted by atomic mass is 9.81. The van der Waals surface area contributed by atoms with Gasteiger partial charge in [-0.05, 0) is 172 Å². The molecule has 3 heterocycles. The van der Waals surface area contributed by atoms with Gasteiger partial charge in [0.2, 0.25) is 58.9 Å². The van der Waals surface area contributed by atoms with Gasteiger partial charge in [-0.2, -0.15) is 37.3 Å². The van der Waals surface area contributed by atoms with E-state index in [1.807, 2.05) is 52.0 Å². The molecular weight excluding hydrogens is 1930 g/mol. The molecule has 9 amide bonds. The Kier molecular flexibility index (Phi) is 53.0. The van der Waals surface area contributed by atoms with Crippen LogP contribution < -0.4 is 47.9 Å². The molecule has 0 aromatic heterocycles. The minimum atomic E-state index is -4.53. The number of fused-ring (bicyclic) bond motifs is 2. The topological polar surface area (TPSA) is 626 Å². The zero-order chi connectivity index (χ0) is 109. The van der Waals surface area contributed by atoms with Gasteiger partial charge in [0.25, 0.3) is 10.1 Å². The van der Waals surface area contributed by atoms with E-state index >= 15 is 0 Å². The van der Waals surface area contributed by atoms with Crippen LogP contribution in [0.1, 0.15) is 265 Å². The molecule has 144 heavy (non-hydrogen) atoms. The third-order valence-electron chi connectivity index (χ3n) is 25.4. The Balaban J connectivity index is 0.0000144. The number of amides is 9. The Morgan fingerprint density at radius 2 is 1.15 bits per heavy atom. The summed E-state index contributed by atoms with van der Waals surface area (Å²) >= 11 is 2.24. The molecule has 15 N–H and O–H groups in total. The van der Waals surface area contributed by atoms with Gasteiger partial charge in [0, 0.05) is 180 Å². The molecule has 5 rings (SSSR count). The lowest BCUT2D eigenvalue weighted by Crippen LogP contribution is -2.51. The molecule has 2 aromatic carbocycles. The summed E-state index contributed by atoms with van der Waals surface area (Å²) in [5, 5.41) is 66.4. The van der Waals surface area contributed by atoms with Crippen LogP contribution in [0.4, 0.5) is 11.4 Å². The van der Waals surface area contributed by atoms with Crippen molar-refractivity contribution in [3.05, 3.63) is 89.2 Å². The Labute approximate surface area is 852 Å². The molecule has 0 saturated carbocycles. The van der Waals surface area contributed by atoms with Crippen LogP contribution in [0.3, 0.4) is 0 Å². The number of ether oxygens (including phenoxy) is 1. The Hall–Kier alpha value is -11.7. The minimum Gasteiger partial charge on any atom is -0.481 e. The molecule has 43 heteroatoms. The van der Waals surface area contributed by atoms with Crippen LogP contribution in [-0.2, 0) is 122 Å². The summed E-state index contributed by atoms with van der Waals surface area (Å²) in [4.78, 5) is 266. The Morgan fingerprint density at radius 1 is 0.583 bits per heavy atom. The van der Waals surface area contributed by atoms with Gasteiger partial charge in [0.1, 0.15) is 26.4 Å². The number of aryl methyl sites for hydroxylation is 1. The molecule has 0 unspecified atom stereocenters. The van der Waals surface area contributed by atoms with E-state index in [1.165, 1.54) is 52.5 Å². The molecule has 0 spiro atoms. The van der Waals surface area contributed by atoms with E-state index in [-0.39, 0.29) is 118 Å². The van der Waals surface area contributed by atoms with E-state index in [1.54, 1.807) is 25.5 Å². The fraction of sp³-hybridized carbons (Fsp3) is 0.614. The van der Waals surface area contributed by atoms with Crippen LogP contribution in [0.25, 0.3) is 0 Å². The number of rotatable bonds is 70. The summed E-state index contributed by atoms with van der Waals surface area (Å²) in [5.41, 5.74) is 11.9. The number of aliphatic carboxylic acids is 5. The second-order valence-electron chi connectivity index (χ2n) is 37.9. The third-order valence-corrected chi connectivity index (χ3v) is 26.9. The van der Waals surface area contributed by atoms with Gasteiger partial charge in [-0.15, -0.1) is 0 Å². The third kappa shape index (κ3) is 41.8. The maximum atomic E-state index is 14.3. The number of nitrogens with zero attached hydrogens (tertiary/aromatic N) is 3. The maximum absolute atomic E-state index is 14.3. The molecule has 1 fully saturated rings. The first-order valence-electron chi connectivity index (χ1n) is 49.3. The van der Waals surface area contributed by atoms with Crippen LogP contribution in [0, 0.1) is 36.5 Å². The maximum Gasteiger partial charge on any atom is 0.303 e. The van der Waals surface area contributed by atoms with E-state index in [0.29, 0.717) is 50.8 Å². The second kappa shape index (κ2) is 62.2. The van der Waals surface area contributed by atoms with Gasteiger partial charge in [0.15, 0.2) is 40.4 Å². The number of ketones is 6. The monoisotopic (exact) mass is 2080 g/mol. The number of nitrogens with two attached hydrogens (primary N) is 1. The highest BCUT2D eigenvalue weighted by Gasteiger charge is 2.46. The summed E-state index contributed by atoms with van der Waals surface area (Å²) in [6.45, 7) is 19.9. The number of unbranched alkanes of at least 4 members (excludes halogenated alkanes) is 3. The number of hydrogen-bond acceptors (Lipinski definition) is 26. The zero-order valence-corrected chi connectivity index (χ0v) is 87.0. The SMILES string of the molecule is CCC(=O)N1CCC[C@H]1C(=O)N[C@@H](CC(C)C)C(=O)CCC(=O)N[C@@H](CSC)C(=O)C[C@@H](C)C(=O)NCC(=O)CCCOCC(=O)C[C@H](CCC(=O)O)C(=O)N[C@H](CCC(=O)O)C(=O)C[C@H](CCC(=O)O)C(=O)N[C@H](CCC(=O)O)C(=O)C[C@H](CCC(=O)O)C(=O)N[C@H](CCCCNC(=O)CCCCCN1/C(=C/C=C/C=C/C2=[N+](CC)c3ccc(C)cc3C2(C)C)C(C)(C)c2cc(S(=O)(=O)O)ccc21)C(N)=O.[2H]SC. The first kappa shape index (κ1) is 123. The van der Waals surface area contributed by atoms with Crippen molar-refractivity contribution < 1.29 is 144 Å². The molecule has 0 aliphatic carbocycles. The molecule has 0 radical (unpaired) electrons. The van der Waals surface area contributed by atoms with E-state index in [0.717, 1.165) is 36.2 Å². The first-order valence-corrected chi connectivity index (χ1v) is 52.6. The number of carbonyl (C=O) groups is 20. The standard InChI is InChI=1S/C100H143N11O29S2.CH4S/c1-12-87(120)111-48-22-26-78(111)98(136)108-74(50-60(3)4)79(114)39-40-86(119)104-75(59-141-11)80(115)52-62(6)94(132)103-57-66(112)24-23-49-140-58-67(113)53-63(31-41-88(121)122)95(133)105-71(35-44-91(127)128)81(116)54-64(32-42-89(123)124)96(134)106-72(36-45-92(129)130)82(117)55-65(33-43-90(125)126)97(135)107-73(93(101)131)25-19-20-46-102-85(118)29-18-15-21-47-110-77-38-34-68(142(137,138)139)56-70(77)100(9,10)84(110)28-17-14-16-27-83-99(7,8)69-51-61(5)30-37-76(69)109(83)13-2;1-2/h14,16-17,27-28,30,34,37-38,51,56,60,62-65,71-75,78H,12-13,15,18-26,29,31-33,35-36,39-50,52-55,57-59H2,1-11H3,(H14-,101,102,103,104,105,106,107,108,118,119,121,122,123,124,125,126,127,128,129,130,131,132,133,134,135,136,137,138,139);2H,1H3/p+1/t62-,63+,64+,65+,71-,72-,73-,74+,75+,78+;/m1./s1/i/hD. The normalized spacial score (nSPS) is 16.3. The van der Waals surface area contributed by atoms with Crippen LogP contribution in [-0.4, -0.2) is 273 Å². The summed E-state index contributed by atoms with van der Waals surface area (Å²) in [6.07, 6.45) is 6.52. The number of likely N-dealkylation sites (tertiary alicyclic amines) is 1. The van der Waals surface area contributed by atoms with Gasteiger partial charge < -0.3 is 83.0 Å². The molecule has 40 nitrogen and oxygen atoms in total. The molecule has 798 valence electrons. The highest BCUT2D eigenvalue weighted by Crippen LogP contribution is 2.49. The average Bonchev–Trinajstić information content (AvgIpc) is 1.59. The Morgan fingerprint density at radius 3 is 1.69 bits per heavy atom. The number of nitrogens with one attached hydrogen (secondary N) is 7. The summed E-state index contributed by atoms with van der Waals surface area (Å²) in [5.74, 6) is -23.9. The lowest BCUT2D eigenvalue weighted by molar-refractivity contribution is -0.433. The number of hydrogen-bond donors (Lipinski definition) is 15.